The summed E-state index contributed by atoms with van der Waals surface area (Å²) in [6, 6.07) is 7.12. The lowest BCUT2D eigenvalue weighted by Gasteiger charge is -2.07. The lowest BCUT2D eigenvalue weighted by Crippen LogP contribution is -2.12. The normalized spacial score (nSPS) is 10.1. The van der Waals surface area contributed by atoms with E-state index in [0.29, 0.717) is 30.6 Å². The first-order chi connectivity index (χ1) is 7.74. The smallest absolute Gasteiger partial charge is 0.224 e. The van der Waals surface area contributed by atoms with Crippen molar-refractivity contribution in [3.63, 3.8) is 0 Å². The molecule has 1 amide bonds. The summed E-state index contributed by atoms with van der Waals surface area (Å²) in [4.78, 5) is 11.5. The number of halogens is 1. The van der Waals surface area contributed by atoms with E-state index in [0.717, 1.165) is 6.42 Å². The summed E-state index contributed by atoms with van der Waals surface area (Å²) < 4.78 is 11.8. The molecule has 0 saturated carbocycles. The minimum Gasteiger partial charge on any atom is -0.397 e. The fourth-order valence-electron chi connectivity index (χ4n) is 1.38. The highest BCUT2D eigenvalue weighted by molar-refractivity contribution is 5.93. The number of carbonyl (C=O) groups excluding carboxylic acids is 1. The molecule has 0 atom stereocenters. The number of benzene rings is 1. The van der Waals surface area contributed by atoms with Gasteiger partial charge >= 0.3 is 0 Å². The monoisotopic (exact) mass is 224 g/mol. The van der Waals surface area contributed by atoms with E-state index < -0.39 is 0 Å². The van der Waals surface area contributed by atoms with Crippen molar-refractivity contribution in [3.05, 3.63) is 24.3 Å². The van der Waals surface area contributed by atoms with Gasteiger partial charge in [0.2, 0.25) is 5.91 Å². The number of rotatable bonds is 6. The van der Waals surface area contributed by atoms with Crippen LogP contribution in [0.4, 0.5) is 15.8 Å². The van der Waals surface area contributed by atoms with Crippen LogP contribution in [0.2, 0.25) is 0 Å². The van der Waals surface area contributed by atoms with Crippen LogP contribution in [0.3, 0.4) is 0 Å². The van der Waals surface area contributed by atoms with E-state index in [4.69, 9.17) is 5.73 Å². The number of unbranched alkanes of at least 4 members (excludes halogenated alkanes) is 2. The highest BCUT2D eigenvalue weighted by Gasteiger charge is 2.03. The molecule has 3 nitrogen and oxygen atoms in total. The number of nitrogen functional groups attached to an aromatic ring is 1. The Hall–Kier alpha value is -1.58. The molecule has 0 saturated heterocycles. The molecule has 4 heteroatoms. The van der Waals surface area contributed by atoms with Crippen molar-refractivity contribution in [2.45, 2.75) is 25.7 Å². The summed E-state index contributed by atoms with van der Waals surface area (Å²) in [6.45, 7) is -0.312. The van der Waals surface area contributed by atoms with Crippen molar-refractivity contribution in [2.24, 2.45) is 0 Å². The van der Waals surface area contributed by atoms with Gasteiger partial charge in [0.15, 0.2) is 0 Å². The molecule has 0 aromatic heterocycles. The minimum atomic E-state index is -0.312. The third-order valence-electron chi connectivity index (χ3n) is 2.27. The average molecular weight is 224 g/mol. The van der Waals surface area contributed by atoms with Crippen LogP contribution in [0.25, 0.3) is 0 Å². The molecular weight excluding hydrogens is 207 g/mol. The van der Waals surface area contributed by atoms with Crippen LogP contribution in [-0.4, -0.2) is 12.6 Å². The van der Waals surface area contributed by atoms with Crippen molar-refractivity contribution < 1.29 is 9.18 Å². The Bertz CT molecular complexity index is 342. The van der Waals surface area contributed by atoms with Gasteiger partial charge in [0.25, 0.3) is 0 Å². The minimum absolute atomic E-state index is 0.0724. The Morgan fingerprint density at radius 1 is 1.25 bits per heavy atom. The Kier molecular flexibility index (Phi) is 5.32. The SMILES string of the molecule is Nc1ccccc1NC(=O)CCCCCF. The number of hydrogen-bond donors (Lipinski definition) is 2. The predicted octanol–water partition coefficient (Wildman–Crippen LogP) is 2.74. The third kappa shape index (κ3) is 4.29. The molecular formula is C12H17FN2O. The first-order valence-corrected chi connectivity index (χ1v) is 5.44. The molecule has 0 bridgehead atoms. The summed E-state index contributed by atoms with van der Waals surface area (Å²) in [6.07, 6.45) is 2.39. The zero-order chi connectivity index (χ0) is 11.8. The van der Waals surface area contributed by atoms with Crippen molar-refractivity contribution in [2.75, 3.05) is 17.7 Å². The number of para-hydroxylation sites is 2. The van der Waals surface area contributed by atoms with E-state index in [1.807, 2.05) is 12.1 Å². The maximum atomic E-state index is 11.8. The molecule has 1 rings (SSSR count). The molecule has 0 spiro atoms. The van der Waals surface area contributed by atoms with E-state index in [2.05, 4.69) is 5.32 Å². The Balaban J connectivity index is 2.32. The summed E-state index contributed by atoms with van der Waals surface area (Å²) in [5.41, 5.74) is 6.87. The van der Waals surface area contributed by atoms with E-state index in [9.17, 15) is 9.18 Å². The van der Waals surface area contributed by atoms with Crippen molar-refractivity contribution in [1.29, 1.82) is 0 Å². The van der Waals surface area contributed by atoms with E-state index in [1.165, 1.54) is 0 Å². The van der Waals surface area contributed by atoms with Gasteiger partial charge in [0, 0.05) is 6.42 Å². The topological polar surface area (TPSA) is 55.1 Å². The highest BCUT2D eigenvalue weighted by Crippen LogP contribution is 2.17. The standard InChI is InChI=1S/C12H17FN2O/c13-9-5-1-2-8-12(16)15-11-7-4-3-6-10(11)14/h3-4,6-7H,1-2,5,8-9,14H2,(H,15,16). The molecule has 0 fully saturated rings. The fraction of sp³-hybridized carbons (Fsp3) is 0.417. The lowest BCUT2D eigenvalue weighted by atomic mass is 10.2. The van der Waals surface area contributed by atoms with Gasteiger partial charge in [-0.25, -0.2) is 0 Å². The molecule has 0 aliphatic heterocycles. The zero-order valence-corrected chi connectivity index (χ0v) is 9.21. The maximum absolute atomic E-state index is 11.8. The number of nitrogens with two attached hydrogens (primary N) is 1. The first kappa shape index (κ1) is 12.5. The summed E-state index contributed by atoms with van der Waals surface area (Å²) >= 11 is 0. The van der Waals surface area contributed by atoms with Crippen LogP contribution in [0.5, 0.6) is 0 Å². The molecule has 3 N–H and O–H groups in total. The summed E-state index contributed by atoms with van der Waals surface area (Å²) in [7, 11) is 0. The van der Waals surface area contributed by atoms with Gasteiger partial charge in [-0.15, -0.1) is 0 Å². The van der Waals surface area contributed by atoms with Gasteiger partial charge in [0.05, 0.1) is 18.0 Å². The second kappa shape index (κ2) is 6.82. The summed E-state index contributed by atoms with van der Waals surface area (Å²) in [5, 5.41) is 2.73. The Morgan fingerprint density at radius 3 is 2.69 bits per heavy atom. The highest BCUT2D eigenvalue weighted by atomic mass is 19.1. The Morgan fingerprint density at radius 2 is 2.00 bits per heavy atom. The van der Waals surface area contributed by atoms with Gasteiger partial charge < -0.3 is 11.1 Å². The predicted molar refractivity (Wildman–Crippen MR) is 63.9 cm³/mol. The van der Waals surface area contributed by atoms with Crippen molar-refractivity contribution >= 4 is 17.3 Å². The number of carbonyl (C=O) groups is 1. The van der Waals surface area contributed by atoms with Crippen LogP contribution >= 0.6 is 0 Å². The molecule has 0 radical (unpaired) electrons. The fourth-order valence-corrected chi connectivity index (χ4v) is 1.38. The number of alkyl halides is 1. The summed E-state index contributed by atoms with van der Waals surface area (Å²) in [5.74, 6) is -0.0724. The second-order valence-corrected chi connectivity index (χ2v) is 3.64. The lowest BCUT2D eigenvalue weighted by molar-refractivity contribution is -0.116. The molecule has 1 aromatic rings. The van der Waals surface area contributed by atoms with Gasteiger partial charge in [-0.05, 0) is 25.0 Å². The van der Waals surface area contributed by atoms with E-state index in [1.54, 1.807) is 12.1 Å². The average Bonchev–Trinajstić information content (AvgIpc) is 2.28. The maximum Gasteiger partial charge on any atom is 0.224 e. The van der Waals surface area contributed by atoms with Crippen LogP contribution in [0.15, 0.2) is 24.3 Å². The third-order valence-corrected chi connectivity index (χ3v) is 2.27. The first-order valence-electron chi connectivity index (χ1n) is 5.44. The van der Waals surface area contributed by atoms with Crippen LogP contribution < -0.4 is 11.1 Å². The van der Waals surface area contributed by atoms with Crippen LogP contribution in [0, 0.1) is 0 Å². The van der Waals surface area contributed by atoms with E-state index >= 15 is 0 Å². The van der Waals surface area contributed by atoms with Gasteiger partial charge in [-0.3, -0.25) is 9.18 Å². The Labute approximate surface area is 94.8 Å². The molecule has 88 valence electrons. The number of anilines is 2. The number of hydrogen-bond acceptors (Lipinski definition) is 2. The number of amides is 1. The van der Waals surface area contributed by atoms with Gasteiger partial charge in [-0.2, -0.15) is 0 Å². The number of nitrogens with one attached hydrogen (secondary N) is 1. The van der Waals surface area contributed by atoms with Crippen molar-refractivity contribution in [3.8, 4) is 0 Å². The van der Waals surface area contributed by atoms with Crippen LogP contribution in [0.1, 0.15) is 25.7 Å². The van der Waals surface area contributed by atoms with Crippen LogP contribution in [-0.2, 0) is 4.79 Å². The zero-order valence-electron chi connectivity index (χ0n) is 9.21. The second-order valence-electron chi connectivity index (χ2n) is 3.64. The molecule has 0 heterocycles. The molecule has 0 aliphatic rings. The van der Waals surface area contributed by atoms with Gasteiger partial charge in [-0.1, -0.05) is 18.6 Å². The quantitative estimate of drug-likeness (QED) is 0.576. The van der Waals surface area contributed by atoms with Gasteiger partial charge in [0.1, 0.15) is 0 Å². The molecule has 16 heavy (non-hydrogen) atoms. The molecule has 0 unspecified atom stereocenters. The molecule has 0 aliphatic carbocycles. The largest absolute Gasteiger partial charge is 0.397 e. The van der Waals surface area contributed by atoms with E-state index in [-0.39, 0.29) is 12.6 Å². The van der Waals surface area contributed by atoms with Crippen molar-refractivity contribution in [1.82, 2.24) is 0 Å². The molecule has 1 aromatic carbocycles.